The number of nitrogens with one attached hydrogen (secondary N) is 2. The number of hydrazine groups is 1. The Labute approximate surface area is 191 Å². The minimum Gasteiger partial charge on any atom is -0.390 e. The summed E-state index contributed by atoms with van der Waals surface area (Å²) in [5, 5.41) is 13.5. The van der Waals surface area contributed by atoms with Crippen LogP contribution < -0.4 is 10.4 Å². The molecule has 170 valence electrons. The van der Waals surface area contributed by atoms with E-state index in [2.05, 4.69) is 15.4 Å². The van der Waals surface area contributed by atoms with E-state index in [1.807, 2.05) is 51.2 Å². The zero-order valence-electron chi connectivity index (χ0n) is 18.8. The normalized spacial score (nSPS) is 17.4. The fourth-order valence-electron chi connectivity index (χ4n) is 4.65. The lowest BCUT2D eigenvalue weighted by Crippen LogP contribution is -2.62. The molecule has 0 fully saturated rings. The molecular weight excluding hydrogens is 422 g/mol. The minimum atomic E-state index is -0.863. The lowest BCUT2D eigenvalue weighted by molar-refractivity contribution is 0.0829. The number of H-pyrrole nitrogens is 1. The third-order valence-electron chi connectivity index (χ3n) is 6.66. The number of rotatable bonds is 4. The largest absolute Gasteiger partial charge is 0.390 e. The van der Waals surface area contributed by atoms with Crippen LogP contribution in [0.1, 0.15) is 30.7 Å². The number of nitrogens with zero attached hydrogens (tertiary/aromatic N) is 2. The molecule has 0 unspecified atom stereocenters. The van der Waals surface area contributed by atoms with Gasteiger partial charge in [0.15, 0.2) is 0 Å². The van der Waals surface area contributed by atoms with Gasteiger partial charge in [0.05, 0.1) is 40.6 Å². The molecule has 5 nitrogen and oxygen atoms in total. The third-order valence-corrected chi connectivity index (χ3v) is 6.66. The van der Waals surface area contributed by atoms with Gasteiger partial charge in [0.25, 0.3) is 0 Å². The summed E-state index contributed by atoms with van der Waals surface area (Å²) in [7, 11) is 0. The Balaban J connectivity index is 1.63. The van der Waals surface area contributed by atoms with Crippen LogP contribution in [0.15, 0.2) is 54.9 Å². The average molecular weight is 449 g/mol. The molecule has 0 spiro atoms. The van der Waals surface area contributed by atoms with Crippen LogP contribution >= 0.6 is 0 Å². The predicted molar refractivity (Wildman–Crippen MR) is 126 cm³/mol. The molecule has 0 amide bonds. The van der Waals surface area contributed by atoms with Crippen LogP contribution in [0.5, 0.6) is 0 Å². The van der Waals surface area contributed by atoms with Crippen LogP contribution in [0.2, 0.25) is 0 Å². The number of aryl methyl sites for hydroxylation is 1. The van der Waals surface area contributed by atoms with Gasteiger partial charge in [-0.1, -0.05) is 24.3 Å². The number of aromatic amines is 1. The first kappa shape index (κ1) is 21.6. The SMILES string of the molecule is Cc1c[nH]c2c(-c3c(F)cc4c(c3F)C[C@H](O)C(C)(C)N4NCc3ccccn3)cccc12. The maximum atomic E-state index is 16.0. The molecule has 3 heterocycles. The number of anilines is 1. The molecule has 1 aliphatic heterocycles. The molecule has 0 saturated heterocycles. The minimum absolute atomic E-state index is 0.0854. The molecule has 4 aromatic rings. The number of halogens is 2. The van der Waals surface area contributed by atoms with E-state index in [0.717, 1.165) is 16.6 Å². The highest BCUT2D eigenvalue weighted by Crippen LogP contribution is 2.42. The Bertz CT molecular complexity index is 1330. The van der Waals surface area contributed by atoms with Crippen LogP contribution in [0.25, 0.3) is 22.0 Å². The maximum Gasteiger partial charge on any atom is 0.139 e. The molecule has 0 radical (unpaired) electrons. The van der Waals surface area contributed by atoms with E-state index in [-0.39, 0.29) is 17.5 Å². The van der Waals surface area contributed by atoms with Crippen LogP contribution in [0.4, 0.5) is 14.5 Å². The third kappa shape index (κ3) is 3.48. The summed E-state index contributed by atoms with van der Waals surface area (Å²) in [6.07, 6.45) is 2.74. The first-order valence-corrected chi connectivity index (χ1v) is 11.0. The lowest BCUT2D eigenvalue weighted by atomic mass is 9.83. The molecular formula is C26H26F2N4O. The second kappa shape index (κ2) is 7.93. The Kier molecular flexibility index (Phi) is 5.18. The van der Waals surface area contributed by atoms with E-state index in [1.54, 1.807) is 23.3 Å². The molecule has 3 N–H and O–H groups in total. The molecule has 0 saturated carbocycles. The number of pyridine rings is 1. The summed E-state index contributed by atoms with van der Waals surface area (Å²) < 4.78 is 31.5. The molecule has 0 bridgehead atoms. The second-order valence-electron chi connectivity index (χ2n) is 9.11. The standard InChI is InChI=1S/C26H26F2N4O/c1-15-13-30-25-17(15)8-6-9-18(25)23-20(27)12-21-19(24(23)28)11-22(33)26(2,3)32(21)31-14-16-7-4-5-10-29-16/h4-10,12-13,22,30-31,33H,11,14H2,1-3H3/t22-/m0/s1. The number of aliphatic hydroxyl groups is 1. The van der Waals surface area contributed by atoms with E-state index in [1.165, 1.54) is 6.07 Å². The van der Waals surface area contributed by atoms with Crippen molar-refractivity contribution in [1.29, 1.82) is 0 Å². The van der Waals surface area contributed by atoms with E-state index >= 15 is 8.78 Å². The zero-order chi connectivity index (χ0) is 23.3. The summed E-state index contributed by atoms with van der Waals surface area (Å²) in [5.41, 5.74) is 5.96. The van der Waals surface area contributed by atoms with Crippen LogP contribution in [0.3, 0.4) is 0 Å². The number of aromatic nitrogens is 2. The van der Waals surface area contributed by atoms with Crippen molar-refractivity contribution in [1.82, 2.24) is 15.4 Å². The van der Waals surface area contributed by atoms with Gasteiger partial charge < -0.3 is 10.1 Å². The van der Waals surface area contributed by atoms with Gasteiger partial charge in [-0.3, -0.25) is 9.99 Å². The predicted octanol–water partition coefficient (Wildman–Crippen LogP) is 5.02. The zero-order valence-corrected chi connectivity index (χ0v) is 18.8. The Hall–Kier alpha value is -3.29. The topological polar surface area (TPSA) is 64.2 Å². The maximum absolute atomic E-state index is 16.0. The fourth-order valence-corrected chi connectivity index (χ4v) is 4.65. The number of para-hydroxylation sites is 1. The number of hydrogen-bond acceptors (Lipinski definition) is 4. The van der Waals surface area contributed by atoms with Gasteiger partial charge in [-0.2, -0.15) is 0 Å². The van der Waals surface area contributed by atoms with Crippen molar-refractivity contribution in [3.63, 3.8) is 0 Å². The molecule has 1 aliphatic rings. The Morgan fingerprint density at radius 1 is 1.21 bits per heavy atom. The number of fused-ring (bicyclic) bond motifs is 2. The van der Waals surface area contributed by atoms with E-state index in [0.29, 0.717) is 23.3 Å². The highest BCUT2D eigenvalue weighted by Gasteiger charge is 2.42. The molecule has 1 atom stereocenters. The average Bonchev–Trinajstić information content (AvgIpc) is 3.17. The summed E-state index contributed by atoms with van der Waals surface area (Å²) in [6, 6.07) is 12.4. The molecule has 2 aromatic heterocycles. The summed E-state index contributed by atoms with van der Waals surface area (Å²) in [6.45, 7) is 5.99. The first-order valence-electron chi connectivity index (χ1n) is 11.0. The number of aliphatic hydroxyl groups excluding tert-OH is 1. The van der Waals surface area contributed by atoms with Crippen LogP contribution in [0, 0.1) is 18.6 Å². The van der Waals surface area contributed by atoms with Crippen LogP contribution in [-0.4, -0.2) is 26.7 Å². The summed E-state index contributed by atoms with van der Waals surface area (Å²) in [5.74, 6) is -1.30. The van der Waals surface area contributed by atoms with Crippen molar-refractivity contribution >= 4 is 16.6 Å². The Morgan fingerprint density at radius 3 is 2.79 bits per heavy atom. The van der Waals surface area contributed by atoms with E-state index in [4.69, 9.17) is 0 Å². The number of benzene rings is 2. The first-order chi connectivity index (χ1) is 15.8. The van der Waals surface area contributed by atoms with Gasteiger partial charge in [-0.15, -0.1) is 0 Å². The van der Waals surface area contributed by atoms with Crippen LogP contribution in [-0.2, 0) is 13.0 Å². The highest BCUT2D eigenvalue weighted by molar-refractivity contribution is 5.96. The fraction of sp³-hybridized carbons (Fsp3) is 0.269. The van der Waals surface area contributed by atoms with Gasteiger partial charge in [0.2, 0.25) is 0 Å². The van der Waals surface area contributed by atoms with E-state index in [9.17, 15) is 5.11 Å². The van der Waals surface area contributed by atoms with Crippen molar-refractivity contribution in [2.24, 2.45) is 0 Å². The van der Waals surface area contributed by atoms with Gasteiger partial charge >= 0.3 is 0 Å². The quantitative estimate of drug-likeness (QED) is 0.410. The van der Waals surface area contributed by atoms with Gasteiger partial charge in [0.1, 0.15) is 11.6 Å². The smallest absolute Gasteiger partial charge is 0.139 e. The molecule has 7 heteroatoms. The molecule has 2 aromatic carbocycles. The van der Waals surface area contributed by atoms with Gasteiger partial charge in [-0.25, -0.2) is 14.2 Å². The van der Waals surface area contributed by atoms with E-state index < -0.39 is 23.3 Å². The lowest BCUT2D eigenvalue weighted by Gasteiger charge is -2.48. The van der Waals surface area contributed by atoms with Crippen molar-refractivity contribution in [3.8, 4) is 11.1 Å². The monoisotopic (exact) mass is 448 g/mol. The molecule has 33 heavy (non-hydrogen) atoms. The van der Waals surface area contributed by atoms with Gasteiger partial charge in [-0.05, 0) is 44.5 Å². The Morgan fingerprint density at radius 2 is 2.03 bits per heavy atom. The van der Waals surface area contributed by atoms with Gasteiger partial charge in [0, 0.05) is 35.3 Å². The second-order valence-corrected chi connectivity index (χ2v) is 9.11. The summed E-state index contributed by atoms with van der Waals surface area (Å²) in [4.78, 5) is 7.45. The highest BCUT2D eigenvalue weighted by atomic mass is 19.1. The van der Waals surface area contributed by atoms with Crippen molar-refractivity contribution < 1.29 is 13.9 Å². The number of hydrogen-bond donors (Lipinski definition) is 3. The molecule has 5 rings (SSSR count). The van der Waals surface area contributed by atoms with Crippen molar-refractivity contribution in [2.45, 2.75) is 45.4 Å². The summed E-state index contributed by atoms with van der Waals surface area (Å²) >= 11 is 0. The molecule has 0 aliphatic carbocycles. The van der Waals surface area contributed by atoms with Crippen molar-refractivity contribution in [3.05, 3.63) is 83.3 Å². The van der Waals surface area contributed by atoms with Crippen molar-refractivity contribution in [2.75, 3.05) is 5.01 Å².